The van der Waals surface area contributed by atoms with Gasteiger partial charge in [0.2, 0.25) is 0 Å². The minimum atomic E-state index is 1.13. The number of hydrogen-bond donors (Lipinski definition) is 0. The van der Waals surface area contributed by atoms with Crippen LogP contribution in [0.4, 0.5) is 0 Å². The Morgan fingerprint density at radius 3 is 2.25 bits per heavy atom. The maximum atomic E-state index is 4.13. The molecule has 2 heteroatoms. The van der Waals surface area contributed by atoms with E-state index in [9.17, 15) is 0 Å². The second-order valence-corrected chi connectivity index (χ2v) is 3.00. The maximum absolute atomic E-state index is 4.13. The maximum Gasteiger partial charge on any atom is 0.0542 e. The minimum Gasteiger partial charge on any atom is -0.303 e. The molecule has 64 valence electrons. The Morgan fingerprint density at radius 2 is 1.75 bits per heavy atom. The number of aryl methyl sites for hydroxylation is 1. The fourth-order valence-electron chi connectivity index (χ4n) is 0.835. The normalized spacial score (nSPS) is 10.6. The van der Waals surface area contributed by atoms with Crippen LogP contribution in [-0.4, -0.2) is 25.3 Å². The van der Waals surface area contributed by atoms with E-state index in [-0.39, 0.29) is 0 Å². The molecule has 1 aromatic rings. The zero-order valence-electron chi connectivity index (χ0n) is 7.78. The highest BCUT2D eigenvalue weighted by atomic mass is 15.4. The molecule has 0 aromatic heterocycles. The second-order valence-electron chi connectivity index (χ2n) is 3.00. The summed E-state index contributed by atoms with van der Waals surface area (Å²) >= 11 is 0. The molecule has 0 saturated heterocycles. The Balaban J connectivity index is 2.71. The van der Waals surface area contributed by atoms with Crippen molar-refractivity contribution < 1.29 is 0 Å². The van der Waals surface area contributed by atoms with Crippen LogP contribution in [0.5, 0.6) is 0 Å². The molecule has 0 aliphatic carbocycles. The van der Waals surface area contributed by atoms with Crippen LogP contribution in [0.1, 0.15) is 11.1 Å². The minimum absolute atomic E-state index is 1.13. The molecule has 1 aromatic carbocycles. The molecule has 0 heterocycles. The summed E-state index contributed by atoms with van der Waals surface area (Å²) in [5.74, 6) is 0. The molecule has 0 saturated carbocycles. The van der Waals surface area contributed by atoms with Gasteiger partial charge < -0.3 is 5.01 Å². The number of hydrogen-bond acceptors (Lipinski definition) is 2. The van der Waals surface area contributed by atoms with E-state index in [1.54, 1.807) is 5.01 Å². The van der Waals surface area contributed by atoms with Crippen molar-refractivity contribution in [2.45, 2.75) is 6.92 Å². The Kier molecular flexibility index (Phi) is 2.86. The van der Waals surface area contributed by atoms with Gasteiger partial charge in [0.15, 0.2) is 0 Å². The van der Waals surface area contributed by atoms with Crippen LogP contribution in [0.25, 0.3) is 0 Å². The van der Waals surface area contributed by atoms with Gasteiger partial charge in [-0.3, -0.25) is 0 Å². The van der Waals surface area contributed by atoms with Crippen molar-refractivity contribution in [1.29, 1.82) is 0 Å². The molecule has 0 unspecified atom stereocenters. The Bertz CT molecular complexity index is 260. The van der Waals surface area contributed by atoms with Crippen LogP contribution >= 0.6 is 0 Å². The quantitative estimate of drug-likeness (QED) is 0.479. The van der Waals surface area contributed by atoms with Crippen LogP contribution in [-0.2, 0) is 0 Å². The van der Waals surface area contributed by atoms with Gasteiger partial charge >= 0.3 is 0 Å². The Hall–Kier alpha value is -1.31. The average molecular weight is 162 g/mol. The fraction of sp³-hybridized carbons (Fsp3) is 0.300. The first-order valence-electron chi connectivity index (χ1n) is 3.96. The van der Waals surface area contributed by atoms with Crippen LogP contribution in [0, 0.1) is 6.92 Å². The van der Waals surface area contributed by atoms with Gasteiger partial charge in [0.25, 0.3) is 0 Å². The molecule has 0 aliphatic heterocycles. The van der Waals surface area contributed by atoms with E-state index < -0.39 is 0 Å². The zero-order chi connectivity index (χ0) is 8.97. The fourth-order valence-corrected chi connectivity index (χ4v) is 0.835. The predicted octanol–water partition coefficient (Wildman–Crippen LogP) is 1.89. The van der Waals surface area contributed by atoms with Gasteiger partial charge in [-0.2, -0.15) is 5.10 Å². The summed E-state index contributed by atoms with van der Waals surface area (Å²) in [6.45, 7) is 2.08. The molecule has 0 bridgehead atoms. The first-order chi connectivity index (χ1) is 5.68. The zero-order valence-corrected chi connectivity index (χ0v) is 7.78. The molecule has 1 rings (SSSR count). The monoisotopic (exact) mass is 162 g/mol. The first kappa shape index (κ1) is 8.78. The summed E-state index contributed by atoms with van der Waals surface area (Å²) in [6.07, 6.45) is 1.85. The van der Waals surface area contributed by atoms with Crippen LogP contribution in [0.3, 0.4) is 0 Å². The molecule has 2 nitrogen and oxygen atoms in total. The van der Waals surface area contributed by atoms with E-state index in [4.69, 9.17) is 0 Å². The van der Waals surface area contributed by atoms with Gasteiger partial charge in [0.05, 0.1) is 6.21 Å². The van der Waals surface area contributed by atoms with E-state index in [0.29, 0.717) is 0 Å². The Morgan fingerprint density at radius 1 is 1.17 bits per heavy atom. The van der Waals surface area contributed by atoms with Gasteiger partial charge in [-0.25, -0.2) is 0 Å². The third kappa shape index (κ3) is 2.74. The standard InChI is InChI=1S/C10H14N2/c1-9-4-6-10(7-5-9)8-11-12(2)3/h4-8H,1-3H3. The van der Waals surface area contributed by atoms with E-state index >= 15 is 0 Å². The highest BCUT2D eigenvalue weighted by molar-refractivity contribution is 5.79. The highest BCUT2D eigenvalue weighted by Gasteiger charge is 1.86. The number of rotatable bonds is 2. The lowest BCUT2D eigenvalue weighted by molar-refractivity contribution is 0.440. The van der Waals surface area contributed by atoms with Crippen molar-refractivity contribution >= 4 is 6.21 Å². The van der Waals surface area contributed by atoms with Crippen molar-refractivity contribution in [2.75, 3.05) is 14.1 Å². The second kappa shape index (κ2) is 3.90. The average Bonchev–Trinajstić information content (AvgIpc) is 2.03. The molecule has 0 radical (unpaired) electrons. The van der Waals surface area contributed by atoms with Gasteiger partial charge in [0, 0.05) is 14.1 Å². The summed E-state index contributed by atoms with van der Waals surface area (Å²) in [5.41, 5.74) is 2.41. The lowest BCUT2D eigenvalue weighted by Crippen LogP contribution is -2.01. The molecule has 0 atom stereocenters. The molecule has 0 fully saturated rings. The molecule has 0 aliphatic rings. The number of nitrogens with zero attached hydrogens (tertiary/aromatic N) is 2. The summed E-state index contributed by atoms with van der Waals surface area (Å²) in [5, 5.41) is 5.91. The van der Waals surface area contributed by atoms with E-state index in [1.807, 2.05) is 20.3 Å². The van der Waals surface area contributed by atoms with Crippen LogP contribution in [0.15, 0.2) is 29.4 Å². The van der Waals surface area contributed by atoms with Crippen molar-refractivity contribution in [3.05, 3.63) is 35.4 Å². The number of benzene rings is 1. The molecule has 0 amide bonds. The SMILES string of the molecule is Cc1ccc(C=NN(C)C)cc1. The third-order valence-electron chi connectivity index (χ3n) is 1.52. The molecule has 0 spiro atoms. The van der Waals surface area contributed by atoms with Gasteiger partial charge in [-0.15, -0.1) is 0 Å². The van der Waals surface area contributed by atoms with E-state index in [1.165, 1.54) is 5.56 Å². The molecule has 12 heavy (non-hydrogen) atoms. The smallest absolute Gasteiger partial charge is 0.0542 e. The van der Waals surface area contributed by atoms with Crippen molar-refractivity contribution in [3.8, 4) is 0 Å². The largest absolute Gasteiger partial charge is 0.303 e. The van der Waals surface area contributed by atoms with Crippen molar-refractivity contribution in [1.82, 2.24) is 5.01 Å². The molecular weight excluding hydrogens is 148 g/mol. The lowest BCUT2D eigenvalue weighted by Gasteiger charge is -2.02. The highest BCUT2D eigenvalue weighted by Crippen LogP contribution is 2.00. The lowest BCUT2D eigenvalue weighted by atomic mass is 10.2. The van der Waals surface area contributed by atoms with Crippen LogP contribution in [0.2, 0.25) is 0 Å². The van der Waals surface area contributed by atoms with Crippen LogP contribution < -0.4 is 0 Å². The molecule has 0 N–H and O–H groups in total. The predicted molar refractivity (Wildman–Crippen MR) is 52.5 cm³/mol. The number of hydrazone groups is 1. The summed E-state index contributed by atoms with van der Waals surface area (Å²) in [4.78, 5) is 0. The Labute approximate surface area is 73.5 Å². The topological polar surface area (TPSA) is 15.6 Å². The van der Waals surface area contributed by atoms with E-state index in [0.717, 1.165) is 5.56 Å². The molecular formula is C10H14N2. The summed E-state index contributed by atoms with van der Waals surface area (Å²) < 4.78 is 0. The first-order valence-corrected chi connectivity index (χ1v) is 3.96. The van der Waals surface area contributed by atoms with Gasteiger partial charge in [0.1, 0.15) is 0 Å². The van der Waals surface area contributed by atoms with Crippen molar-refractivity contribution in [2.24, 2.45) is 5.10 Å². The van der Waals surface area contributed by atoms with Crippen molar-refractivity contribution in [3.63, 3.8) is 0 Å². The van der Waals surface area contributed by atoms with E-state index in [2.05, 4.69) is 36.3 Å². The van der Waals surface area contributed by atoms with Gasteiger partial charge in [-0.05, 0) is 12.5 Å². The summed E-state index contributed by atoms with van der Waals surface area (Å²) in [6, 6.07) is 8.28. The summed E-state index contributed by atoms with van der Waals surface area (Å²) in [7, 11) is 3.81. The van der Waals surface area contributed by atoms with Gasteiger partial charge in [-0.1, -0.05) is 29.8 Å². The third-order valence-corrected chi connectivity index (χ3v) is 1.52.